The zero-order valence-corrected chi connectivity index (χ0v) is 26.0. The van der Waals surface area contributed by atoms with Crippen molar-refractivity contribution in [3.05, 3.63) is 58.3 Å². The molecule has 0 radical (unpaired) electrons. The molecule has 6 rings (SSSR count). The number of aliphatic carboxylic acids is 1. The summed E-state index contributed by atoms with van der Waals surface area (Å²) in [6, 6.07) is 10.1. The van der Waals surface area contributed by atoms with E-state index in [0.29, 0.717) is 51.9 Å². The molecule has 13 heteroatoms. The standard InChI is InChI=1S/C30H34Cl2N6O4.ClH/c31-22-10-21(11-23(32)12-22)27-7-20(15-37-4-1-19(2-5-37)9-29(39)40)8-28(36-27)42-26-13-33-30(34-14-26)38-6-3-24(16-38)35-25-17-41-18-25;/h7-8,10-14,19,24-25,35H,1-6,9,15-18H2,(H,39,40);1H. The minimum Gasteiger partial charge on any atom is -0.481 e. The summed E-state index contributed by atoms with van der Waals surface area (Å²) in [5, 5.41) is 13.8. The molecule has 2 N–H and O–H groups in total. The van der Waals surface area contributed by atoms with Crippen LogP contribution < -0.4 is 15.0 Å². The molecule has 1 atom stereocenters. The van der Waals surface area contributed by atoms with E-state index in [1.807, 2.05) is 24.3 Å². The lowest BCUT2D eigenvalue weighted by molar-refractivity contribution is -0.138. The third-order valence-electron chi connectivity index (χ3n) is 8.01. The molecule has 0 aliphatic carbocycles. The average molecular weight is 650 g/mol. The first-order valence-electron chi connectivity index (χ1n) is 14.4. The van der Waals surface area contributed by atoms with E-state index < -0.39 is 5.97 Å². The molecule has 3 aliphatic rings. The molecule has 0 amide bonds. The van der Waals surface area contributed by atoms with Crippen LogP contribution >= 0.6 is 35.6 Å². The van der Waals surface area contributed by atoms with Crippen LogP contribution in [0.15, 0.2) is 42.7 Å². The highest BCUT2D eigenvalue weighted by Gasteiger charge is 2.29. The van der Waals surface area contributed by atoms with Crippen molar-refractivity contribution in [3.63, 3.8) is 0 Å². The molecule has 0 saturated carbocycles. The van der Waals surface area contributed by atoms with Crippen LogP contribution in [0.1, 0.15) is 31.2 Å². The van der Waals surface area contributed by atoms with Gasteiger partial charge in [-0.25, -0.2) is 15.0 Å². The molecule has 3 fully saturated rings. The van der Waals surface area contributed by atoms with Gasteiger partial charge in [-0.15, -0.1) is 12.4 Å². The molecule has 5 heterocycles. The van der Waals surface area contributed by atoms with Gasteiger partial charge in [-0.3, -0.25) is 9.69 Å². The number of aromatic nitrogens is 3. The Morgan fingerprint density at radius 2 is 1.72 bits per heavy atom. The van der Waals surface area contributed by atoms with Crippen molar-refractivity contribution in [2.75, 3.05) is 44.3 Å². The molecule has 3 aliphatic heterocycles. The first kappa shape index (κ1) is 31.7. The molecule has 1 unspecified atom stereocenters. The average Bonchev–Trinajstić information content (AvgIpc) is 3.40. The molecule has 230 valence electrons. The fourth-order valence-corrected chi connectivity index (χ4v) is 6.32. The molecule has 10 nitrogen and oxygen atoms in total. The first-order valence-corrected chi connectivity index (χ1v) is 15.1. The van der Waals surface area contributed by atoms with Crippen molar-refractivity contribution in [2.24, 2.45) is 5.92 Å². The number of benzene rings is 1. The molecule has 3 saturated heterocycles. The van der Waals surface area contributed by atoms with Gasteiger partial charge in [0.1, 0.15) is 0 Å². The topological polar surface area (TPSA) is 113 Å². The third-order valence-corrected chi connectivity index (χ3v) is 8.45. The number of ether oxygens (including phenoxy) is 2. The predicted octanol–water partition coefficient (Wildman–Crippen LogP) is 5.31. The summed E-state index contributed by atoms with van der Waals surface area (Å²) in [5.74, 6) is 1.09. The van der Waals surface area contributed by atoms with E-state index in [9.17, 15) is 4.79 Å². The van der Waals surface area contributed by atoms with E-state index >= 15 is 0 Å². The Bertz CT molecular complexity index is 1380. The molecule has 3 aromatic rings. The number of carboxylic acids is 1. The van der Waals surface area contributed by atoms with E-state index in [1.54, 1.807) is 18.5 Å². The van der Waals surface area contributed by atoms with Gasteiger partial charge in [-0.05, 0) is 68.1 Å². The first-order chi connectivity index (χ1) is 20.4. The van der Waals surface area contributed by atoms with Gasteiger partial charge in [0.2, 0.25) is 11.8 Å². The number of likely N-dealkylation sites (tertiary alicyclic amines) is 1. The fourth-order valence-electron chi connectivity index (χ4n) is 5.80. The highest BCUT2D eigenvalue weighted by molar-refractivity contribution is 6.35. The van der Waals surface area contributed by atoms with Crippen LogP contribution in [-0.4, -0.2) is 82.4 Å². The molecular formula is C30H35Cl3N6O4. The molecular weight excluding hydrogens is 615 g/mol. The fraction of sp³-hybridized carbons (Fsp3) is 0.467. The minimum absolute atomic E-state index is 0. The Morgan fingerprint density at radius 3 is 2.37 bits per heavy atom. The lowest BCUT2D eigenvalue weighted by Crippen LogP contribution is -2.51. The maximum atomic E-state index is 11.1. The zero-order chi connectivity index (χ0) is 29.1. The summed E-state index contributed by atoms with van der Waals surface area (Å²) >= 11 is 12.6. The number of rotatable bonds is 10. The summed E-state index contributed by atoms with van der Waals surface area (Å²) in [4.78, 5) is 29.6. The maximum Gasteiger partial charge on any atom is 0.303 e. The normalized spacial score (nSPS) is 19.6. The van der Waals surface area contributed by atoms with Crippen molar-refractivity contribution in [3.8, 4) is 22.9 Å². The van der Waals surface area contributed by atoms with Crippen molar-refractivity contribution in [2.45, 2.75) is 44.3 Å². The number of nitrogens with one attached hydrogen (secondary N) is 1. The quantitative estimate of drug-likeness (QED) is 0.300. The van der Waals surface area contributed by atoms with Crippen molar-refractivity contribution in [1.82, 2.24) is 25.2 Å². The Labute approximate surface area is 267 Å². The summed E-state index contributed by atoms with van der Waals surface area (Å²) in [6.45, 7) is 5.69. The number of carboxylic acid groups (broad SMARTS) is 1. The minimum atomic E-state index is -0.729. The smallest absolute Gasteiger partial charge is 0.303 e. The Hall–Kier alpha value is -2.73. The SMILES string of the molecule is Cl.O=C(O)CC1CCN(Cc2cc(Oc3cnc(N4CCC(NC5COC5)C4)nc3)nc(-c3cc(Cl)cc(Cl)c3)c2)CC1. The number of nitrogens with zero attached hydrogens (tertiary/aromatic N) is 5. The zero-order valence-electron chi connectivity index (χ0n) is 23.6. The van der Waals surface area contributed by atoms with Gasteiger partial charge >= 0.3 is 5.97 Å². The van der Waals surface area contributed by atoms with Crippen LogP contribution in [0.4, 0.5) is 5.95 Å². The monoisotopic (exact) mass is 648 g/mol. The Kier molecular flexibility index (Phi) is 10.6. The number of halogens is 3. The third kappa shape index (κ3) is 8.47. The second kappa shape index (κ2) is 14.4. The second-order valence-electron chi connectivity index (χ2n) is 11.3. The van der Waals surface area contributed by atoms with E-state index in [2.05, 4.69) is 25.1 Å². The van der Waals surface area contributed by atoms with Crippen LogP contribution in [0.5, 0.6) is 11.6 Å². The molecule has 2 aromatic heterocycles. The number of hydrogen-bond donors (Lipinski definition) is 2. The van der Waals surface area contributed by atoms with E-state index in [1.165, 1.54) is 0 Å². The van der Waals surface area contributed by atoms with Crippen LogP contribution in [0.3, 0.4) is 0 Å². The Balaban J connectivity index is 0.00000368. The highest BCUT2D eigenvalue weighted by atomic mass is 35.5. The molecule has 0 spiro atoms. The largest absolute Gasteiger partial charge is 0.481 e. The lowest BCUT2D eigenvalue weighted by Gasteiger charge is -2.31. The van der Waals surface area contributed by atoms with E-state index in [4.69, 9.17) is 42.8 Å². The van der Waals surface area contributed by atoms with Gasteiger partial charge in [0, 0.05) is 53.8 Å². The lowest BCUT2D eigenvalue weighted by atomic mass is 9.93. The van der Waals surface area contributed by atoms with Crippen molar-refractivity contribution < 1.29 is 19.4 Å². The van der Waals surface area contributed by atoms with Gasteiger partial charge in [-0.1, -0.05) is 23.2 Å². The van der Waals surface area contributed by atoms with Gasteiger partial charge in [0.25, 0.3) is 0 Å². The van der Waals surface area contributed by atoms with Gasteiger partial charge in [-0.2, -0.15) is 0 Å². The van der Waals surface area contributed by atoms with Crippen molar-refractivity contribution in [1.29, 1.82) is 0 Å². The number of piperidine rings is 1. The van der Waals surface area contributed by atoms with E-state index in [0.717, 1.165) is 69.8 Å². The molecule has 0 bridgehead atoms. The van der Waals surface area contributed by atoms with Gasteiger partial charge < -0.3 is 24.8 Å². The molecule has 43 heavy (non-hydrogen) atoms. The number of carbonyl (C=O) groups is 1. The summed E-state index contributed by atoms with van der Waals surface area (Å²) in [6.07, 6.45) is 6.36. The summed E-state index contributed by atoms with van der Waals surface area (Å²) in [7, 11) is 0. The van der Waals surface area contributed by atoms with Gasteiger partial charge in [0.15, 0.2) is 5.75 Å². The van der Waals surface area contributed by atoms with Crippen LogP contribution in [0.2, 0.25) is 10.0 Å². The highest BCUT2D eigenvalue weighted by Crippen LogP contribution is 2.31. The van der Waals surface area contributed by atoms with Gasteiger partial charge in [0.05, 0.1) is 37.3 Å². The predicted molar refractivity (Wildman–Crippen MR) is 168 cm³/mol. The van der Waals surface area contributed by atoms with Crippen LogP contribution in [0, 0.1) is 5.92 Å². The second-order valence-corrected chi connectivity index (χ2v) is 12.2. The summed E-state index contributed by atoms with van der Waals surface area (Å²) in [5.41, 5.74) is 2.50. The number of pyridine rings is 1. The Morgan fingerprint density at radius 1 is 1.00 bits per heavy atom. The van der Waals surface area contributed by atoms with Crippen LogP contribution in [-0.2, 0) is 16.1 Å². The number of hydrogen-bond acceptors (Lipinski definition) is 9. The van der Waals surface area contributed by atoms with E-state index in [-0.39, 0.29) is 24.7 Å². The number of anilines is 1. The van der Waals surface area contributed by atoms with Crippen LogP contribution in [0.25, 0.3) is 11.3 Å². The molecule has 1 aromatic carbocycles. The maximum absolute atomic E-state index is 11.1. The van der Waals surface area contributed by atoms with Crippen molar-refractivity contribution >= 4 is 47.5 Å². The summed E-state index contributed by atoms with van der Waals surface area (Å²) < 4.78 is 11.4.